The Morgan fingerprint density at radius 1 is 1.02 bits per heavy atom. The van der Waals surface area contributed by atoms with Gasteiger partial charge >= 0.3 is 12.0 Å². The summed E-state index contributed by atoms with van der Waals surface area (Å²) < 4.78 is 23.8. The predicted molar refractivity (Wildman–Crippen MR) is 171 cm³/mol. The average Bonchev–Trinajstić information content (AvgIpc) is 2.99. The molecule has 3 aromatic carbocycles. The lowest BCUT2D eigenvalue weighted by Crippen LogP contribution is -2.45. The molecule has 0 aromatic heterocycles. The van der Waals surface area contributed by atoms with Crippen LogP contribution in [0.4, 0.5) is 4.79 Å². The molecule has 1 aliphatic rings. The first-order chi connectivity index (χ1) is 20.7. The summed E-state index contributed by atoms with van der Waals surface area (Å²) in [6, 6.07) is 17.2. The van der Waals surface area contributed by atoms with Gasteiger partial charge in [0.2, 0.25) is 0 Å². The van der Waals surface area contributed by atoms with Crippen LogP contribution >= 0.6 is 38.5 Å². The van der Waals surface area contributed by atoms with Crippen molar-refractivity contribution in [2.75, 3.05) is 20.8 Å². The van der Waals surface area contributed by atoms with Crippen LogP contribution in [0.25, 0.3) is 0 Å². The first-order valence-electron chi connectivity index (χ1n) is 12.8. The molecular formula is C30H28BrIN4O7. The lowest BCUT2D eigenvalue weighted by Gasteiger charge is -2.28. The minimum Gasteiger partial charge on any atom is -0.493 e. The zero-order chi connectivity index (χ0) is 30.9. The van der Waals surface area contributed by atoms with Crippen LogP contribution in [0, 0.1) is 3.57 Å². The van der Waals surface area contributed by atoms with Crippen LogP contribution in [-0.2, 0) is 20.9 Å². The quantitative estimate of drug-likeness (QED) is 0.109. The second-order valence-electron chi connectivity index (χ2n) is 9.16. The topological polar surface area (TPSA) is 137 Å². The molecule has 0 fully saturated rings. The van der Waals surface area contributed by atoms with Crippen LogP contribution in [0.15, 0.2) is 81.5 Å². The highest BCUT2D eigenvalue weighted by atomic mass is 127. The van der Waals surface area contributed by atoms with Gasteiger partial charge in [-0.3, -0.25) is 4.79 Å². The van der Waals surface area contributed by atoms with Crippen molar-refractivity contribution < 1.29 is 33.3 Å². The van der Waals surface area contributed by atoms with Crippen molar-refractivity contribution in [3.63, 3.8) is 0 Å². The Hall–Kier alpha value is -4.11. The SMILES string of the molecule is COC(=O)C1=C(C)NC(=O)N[C@@H]1c1ccc(OCC(=O)N/N=C\c2ccc(OCc3ccc(I)cc3)c(Br)c2)c(OC)c1. The van der Waals surface area contributed by atoms with Crippen molar-refractivity contribution in [3.8, 4) is 17.2 Å². The fourth-order valence-electron chi connectivity index (χ4n) is 4.12. The maximum Gasteiger partial charge on any atom is 0.337 e. The van der Waals surface area contributed by atoms with E-state index in [1.165, 1.54) is 20.4 Å². The van der Waals surface area contributed by atoms with Crippen molar-refractivity contribution in [1.82, 2.24) is 16.1 Å². The third kappa shape index (κ3) is 8.47. The van der Waals surface area contributed by atoms with Gasteiger partial charge in [0.15, 0.2) is 18.1 Å². The van der Waals surface area contributed by atoms with Gasteiger partial charge < -0.3 is 29.6 Å². The van der Waals surface area contributed by atoms with E-state index in [-0.39, 0.29) is 17.9 Å². The van der Waals surface area contributed by atoms with E-state index in [2.05, 4.69) is 59.7 Å². The number of benzene rings is 3. The lowest BCUT2D eigenvalue weighted by molar-refractivity contribution is -0.136. The standard InChI is InChI=1S/C30H28BrIN4O7/c1-17-27(29(38)41-3)28(35-30(39)34-17)20-7-11-24(25(13-20)40-2)43-16-26(37)36-33-14-19-6-10-23(22(31)12-19)42-15-18-4-8-21(32)9-5-18/h4-14,28H,15-16H2,1-3H3,(H,36,37)(H2,34,35,39)/b33-14-/t28-/m1/s1. The second-order valence-corrected chi connectivity index (χ2v) is 11.3. The van der Waals surface area contributed by atoms with E-state index < -0.39 is 23.9 Å². The van der Waals surface area contributed by atoms with Gasteiger partial charge in [0.05, 0.1) is 36.5 Å². The Labute approximate surface area is 270 Å². The fraction of sp³-hybridized carbons (Fsp3) is 0.200. The first-order valence-corrected chi connectivity index (χ1v) is 14.7. The van der Waals surface area contributed by atoms with Crippen LogP contribution in [0.1, 0.15) is 29.7 Å². The number of carbonyl (C=O) groups excluding carboxylic acids is 3. The Morgan fingerprint density at radius 3 is 2.47 bits per heavy atom. The number of ether oxygens (including phenoxy) is 4. The summed E-state index contributed by atoms with van der Waals surface area (Å²) in [5.74, 6) is 0.203. The molecule has 43 heavy (non-hydrogen) atoms. The highest BCUT2D eigenvalue weighted by Crippen LogP contribution is 2.34. The molecule has 4 rings (SSSR count). The van der Waals surface area contributed by atoms with Gasteiger partial charge in [-0.25, -0.2) is 15.0 Å². The van der Waals surface area contributed by atoms with E-state index in [1.54, 1.807) is 25.1 Å². The molecule has 11 nitrogen and oxygen atoms in total. The Balaban J connectivity index is 1.32. The fourth-order valence-corrected chi connectivity index (χ4v) is 4.99. The minimum atomic E-state index is -0.768. The highest BCUT2D eigenvalue weighted by Gasteiger charge is 2.32. The van der Waals surface area contributed by atoms with E-state index in [0.29, 0.717) is 29.4 Å². The number of amides is 3. The molecular weight excluding hydrogens is 735 g/mol. The minimum absolute atomic E-state index is 0.256. The summed E-state index contributed by atoms with van der Waals surface area (Å²) in [6.45, 7) is 1.72. The highest BCUT2D eigenvalue weighted by molar-refractivity contribution is 14.1. The molecule has 3 N–H and O–H groups in total. The molecule has 0 radical (unpaired) electrons. The van der Waals surface area contributed by atoms with E-state index in [1.807, 2.05) is 42.5 Å². The van der Waals surface area contributed by atoms with Crippen LogP contribution in [0.5, 0.6) is 17.2 Å². The van der Waals surface area contributed by atoms with Crippen molar-refractivity contribution in [3.05, 3.63) is 96.7 Å². The lowest BCUT2D eigenvalue weighted by atomic mass is 9.95. The number of esters is 1. The van der Waals surface area contributed by atoms with Crippen LogP contribution < -0.4 is 30.3 Å². The van der Waals surface area contributed by atoms with Crippen molar-refractivity contribution in [2.45, 2.75) is 19.6 Å². The van der Waals surface area contributed by atoms with E-state index in [4.69, 9.17) is 18.9 Å². The maximum atomic E-state index is 12.4. The van der Waals surface area contributed by atoms with E-state index >= 15 is 0 Å². The van der Waals surface area contributed by atoms with Crippen molar-refractivity contribution >= 4 is 62.6 Å². The van der Waals surface area contributed by atoms with Crippen LogP contribution in [0.3, 0.4) is 0 Å². The Bertz CT molecular complexity index is 1580. The second kappa shape index (κ2) is 14.9. The maximum absolute atomic E-state index is 12.4. The molecule has 0 unspecified atom stereocenters. The summed E-state index contributed by atoms with van der Waals surface area (Å²) in [7, 11) is 2.71. The van der Waals surface area contributed by atoms with E-state index in [9.17, 15) is 14.4 Å². The van der Waals surface area contributed by atoms with Gasteiger partial charge in [-0.1, -0.05) is 18.2 Å². The molecule has 0 bridgehead atoms. The normalized spacial score (nSPS) is 14.5. The number of urea groups is 1. The predicted octanol–water partition coefficient (Wildman–Crippen LogP) is 4.97. The largest absolute Gasteiger partial charge is 0.493 e. The number of allylic oxidation sites excluding steroid dienone is 1. The number of nitrogens with zero attached hydrogens (tertiary/aromatic N) is 1. The zero-order valence-electron chi connectivity index (χ0n) is 23.4. The molecule has 1 aliphatic heterocycles. The summed E-state index contributed by atoms with van der Waals surface area (Å²) in [5, 5.41) is 9.28. The molecule has 3 amide bonds. The average molecular weight is 763 g/mol. The number of carbonyl (C=O) groups is 3. The molecule has 13 heteroatoms. The Kier molecular flexibility index (Phi) is 11.0. The van der Waals surface area contributed by atoms with Gasteiger partial charge in [0.25, 0.3) is 5.91 Å². The molecule has 224 valence electrons. The zero-order valence-corrected chi connectivity index (χ0v) is 27.1. The summed E-state index contributed by atoms with van der Waals surface area (Å²) in [6.07, 6.45) is 1.50. The van der Waals surface area contributed by atoms with Crippen LogP contribution in [0.2, 0.25) is 0 Å². The number of methoxy groups -OCH3 is 2. The van der Waals surface area contributed by atoms with Crippen molar-refractivity contribution in [2.24, 2.45) is 5.10 Å². The molecule has 1 atom stereocenters. The van der Waals surface area contributed by atoms with Crippen molar-refractivity contribution in [1.29, 1.82) is 0 Å². The number of hydrogen-bond donors (Lipinski definition) is 3. The van der Waals surface area contributed by atoms with E-state index in [0.717, 1.165) is 19.2 Å². The molecule has 1 heterocycles. The Morgan fingerprint density at radius 2 is 1.77 bits per heavy atom. The van der Waals surface area contributed by atoms with Gasteiger partial charge in [-0.15, -0.1) is 0 Å². The smallest absolute Gasteiger partial charge is 0.337 e. The van der Waals surface area contributed by atoms with Gasteiger partial charge in [0.1, 0.15) is 12.4 Å². The summed E-state index contributed by atoms with van der Waals surface area (Å²) >= 11 is 5.77. The van der Waals surface area contributed by atoms with Gasteiger partial charge in [0, 0.05) is 9.27 Å². The third-order valence-corrected chi connectivity index (χ3v) is 7.56. The van der Waals surface area contributed by atoms with Gasteiger partial charge in [-0.05, 0) is 105 Å². The van der Waals surface area contributed by atoms with Crippen LogP contribution in [-0.4, -0.2) is 44.9 Å². The molecule has 0 spiro atoms. The molecule has 0 saturated heterocycles. The molecule has 3 aromatic rings. The molecule has 0 aliphatic carbocycles. The summed E-state index contributed by atoms with van der Waals surface area (Å²) in [4.78, 5) is 36.8. The monoisotopic (exact) mass is 762 g/mol. The number of halogens is 2. The summed E-state index contributed by atoms with van der Waals surface area (Å²) in [5.41, 5.74) is 5.43. The molecule has 0 saturated carbocycles. The number of nitrogens with one attached hydrogen (secondary N) is 3. The number of rotatable bonds is 11. The third-order valence-electron chi connectivity index (χ3n) is 6.22. The number of hydrazone groups is 1. The van der Waals surface area contributed by atoms with Gasteiger partial charge in [-0.2, -0.15) is 5.10 Å². The first kappa shape index (κ1) is 31.8. The number of hydrogen-bond acceptors (Lipinski definition) is 8.